The lowest BCUT2D eigenvalue weighted by Gasteiger charge is -2.36. The molecule has 1 aromatic heterocycles. The van der Waals surface area contributed by atoms with Crippen LogP contribution in [-0.2, 0) is 0 Å². The van der Waals surface area contributed by atoms with Gasteiger partial charge in [0.2, 0.25) is 5.95 Å². The molecule has 140 valence electrons. The van der Waals surface area contributed by atoms with Gasteiger partial charge in [0, 0.05) is 57.7 Å². The predicted molar refractivity (Wildman–Crippen MR) is 104 cm³/mol. The highest BCUT2D eigenvalue weighted by Gasteiger charge is 2.21. The van der Waals surface area contributed by atoms with Crippen LogP contribution in [0.25, 0.3) is 0 Å². The van der Waals surface area contributed by atoms with Gasteiger partial charge in [-0.2, -0.15) is 0 Å². The van der Waals surface area contributed by atoms with Crippen LogP contribution in [0, 0.1) is 0 Å². The van der Waals surface area contributed by atoms with E-state index in [0.29, 0.717) is 6.04 Å². The van der Waals surface area contributed by atoms with Crippen molar-refractivity contribution in [2.75, 3.05) is 57.3 Å². The van der Waals surface area contributed by atoms with Crippen LogP contribution in [0.4, 0.5) is 5.95 Å². The van der Waals surface area contributed by atoms with Crippen LogP contribution >= 0.6 is 0 Å². The lowest BCUT2D eigenvalue weighted by molar-refractivity contribution is 0.240. The molecule has 0 saturated carbocycles. The molecule has 0 spiro atoms. The first kappa shape index (κ1) is 19.4. The summed E-state index contributed by atoms with van der Waals surface area (Å²) in [6.45, 7) is 16.3. The number of piperazine rings is 1. The number of aromatic nitrogens is 2. The molecule has 0 bridgehead atoms. The summed E-state index contributed by atoms with van der Waals surface area (Å²) in [5.41, 5.74) is 0. The molecule has 0 aliphatic carbocycles. The molecule has 7 heteroatoms. The fourth-order valence-electron chi connectivity index (χ4n) is 3.06. The molecule has 1 aromatic rings. The first-order valence-corrected chi connectivity index (χ1v) is 9.45. The van der Waals surface area contributed by atoms with Crippen LogP contribution in [0.5, 0.6) is 0 Å². The van der Waals surface area contributed by atoms with Gasteiger partial charge in [-0.3, -0.25) is 9.89 Å². The normalized spacial score (nSPS) is 16.0. The number of hydrogen-bond acceptors (Lipinski definition) is 5. The monoisotopic (exact) mass is 347 g/mol. The molecule has 0 amide bonds. The standard InChI is InChI=1S/C18H33N7/c1-5-19-17(22-10-11-23(6-2)16(3)4)24-12-14-25(15-13-24)18-20-8-7-9-21-18/h7-9,16H,5-6,10-15H2,1-4H3,(H,19,22). The van der Waals surface area contributed by atoms with Gasteiger partial charge in [0.1, 0.15) is 0 Å². The van der Waals surface area contributed by atoms with Crippen LogP contribution < -0.4 is 10.2 Å². The summed E-state index contributed by atoms with van der Waals surface area (Å²) in [4.78, 5) is 20.6. The lowest BCUT2D eigenvalue weighted by atomic mass is 10.3. The molecule has 2 heterocycles. The van der Waals surface area contributed by atoms with Gasteiger partial charge in [-0.05, 0) is 33.4 Å². The Morgan fingerprint density at radius 3 is 2.44 bits per heavy atom. The first-order chi connectivity index (χ1) is 12.2. The van der Waals surface area contributed by atoms with Crippen molar-refractivity contribution in [2.24, 2.45) is 4.99 Å². The summed E-state index contributed by atoms with van der Waals surface area (Å²) in [5.74, 6) is 1.84. The Hall–Kier alpha value is -1.89. The van der Waals surface area contributed by atoms with E-state index in [2.05, 4.69) is 57.7 Å². The van der Waals surface area contributed by atoms with Gasteiger partial charge in [-0.25, -0.2) is 9.97 Å². The minimum absolute atomic E-state index is 0.567. The van der Waals surface area contributed by atoms with Crippen LogP contribution in [0.2, 0.25) is 0 Å². The fraction of sp³-hybridized carbons (Fsp3) is 0.722. The Bertz CT molecular complexity index is 509. The first-order valence-electron chi connectivity index (χ1n) is 9.45. The van der Waals surface area contributed by atoms with E-state index < -0.39 is 0 Å². The molecule has 2 rings (SSSR count). The molecule has 0 unspecified atom stereocenters. The van der Waals surface area contributed by atoms with Crippen molar-refractivity contribution >= 4 is 11.9 Å². The molecule has 1 aliphatic rings. The largest absolute Gasteiger partial charge is 0.357 e. The van der Waals surface area contributed by atoms with E-state index in [-0.39, 0.29) is 0 Å². The molecule has 0 radical (unpaired) electrons. The number of guanidine groups is 1. The zero-order valence-corrected chi connectivity index (χ0v) is 16.1. The fourth-order valence-corrected chi connectivity index (χ4v) is 3.06. The van der Waals surface area contributed by atoms with E-state index in [9.17, 15) is 0 Å². The zero-order chi connectivity index (χ0) is 18.1. The number of aliphatic imine (C=N–C) groups is 1. The smallest absolute Gasteiger partial charge is 0.225 e. The van der Waals surface area contributed by atoms with E-state index in [1.54, 1.807) is 12.4 Å². The molecule has 0 aromatic carbocycles. The minimum Gasteiger partial charge on any atom is -0.357 e. The quantitative estimate of drug-likeness (QED) is 0.593. The van der Waals surface area contributed by atoms with Crippen LogP contribution in [0.3, 0.4) is 0 Å². The Labute approximate surface area is 152 Å². The highest BCUT2D eigenvalue weighted by atomic mass is 15.4. The summed E-state index contributed by atoms with van der Waals surface area (Å²) < 4.78 is 0. The molecule has 1 N–H and O–H groups in total. The Balaban J connectivity index is 1.89. The molecule has 25 heavy (non-hydrogen) atoms. The maximum atomic E-state index is 4.85. The van der Waals surface area contributed by atoms with E-state index in [0.717, 1.165) is 64.3 Å². The molecule has 0 atom stereocenters. The van der Waals surface area contributed by atoms with Gasteiger partial charge in [0.05, 0.1) is 6.54 Å². The molecule has 1 saturated heterocycles. The van der Waals surface area contributed by atoms with E-state index >= 15 is 0 Å². The predicted octanol–water partition coefficient (Wildman–Crippen LogP) is 1.29. The third-order valence-electron chi connectivity index (χ3n) is 4.53. The Kier molecular flexibility index (Phi) is 7.91. The molecular formula is C18H33N7. The maximum absolute atomic E-state index is 4.85. The highest BCUT2D eigenvalue weighted by Crippen LogP contribution is 2.09. The van der Waals surface area contributed by atoms with Crippen molar-refractivity contribution in [3.05, 3.63) is 18.5 Å². The topological polar surface area (TPSA) is 59.9 Å². The van der Waals surface area contributed by atoms with Gasteiger partial charge < -0.3 is 15.1 Å². The van der Waals surface area contributed by atoms with Crippen molar-refractivity contribution in [1.29, 1.82) is 0 Å². The number of nitrogens with zero attached hydrogens (tertiary/aromatic N) is 6. The number of anilines is 1. The van der Waals surface area contributed by atoms with E-state index in [1.165, 1.54) is 0 Å². The Morgan fingerprint density at radius 2 is 1.88 bits per heavy atom. The number of nitrogens with one attached hydrogen (secondary N) is 1. The second-order valence-electron chi connectivity index (χ2n) is 6.48. The van der Waals surface area contributed by atoms with Crippen molar-refractivity contribution < 1.29 is 0 Å². The number of likely N-dealkylation sites (N-methyl/N-ethyl adjacent to an activating group) is 1. The average molecular weight is 348 g/mol. The zero-order valence-electron chi connectivity index (χ0n) is 16.1. The van der Waals surface area contributed by atoms with Crippen molar-refractivity contribution in [2.45, 2.75) is 33.7 Å². The summed E-state index contributed by atoms with van der Waals surface area (Å²) in [7, 11) is 0. The average Bonchev–Trinajstić information content (AvgIpc) is 2.65. The second-order valence-corrected chi connectivity index (χ2v) is 6.48. The number of hydrogen-bond donors (Lipinski definition) is 1. The maximum Gasteiger partial charge on any atom is 0.225 e. The molecule has 7 nitrogen and oxygen atoms in total. The SMILES string of the molecule is CCNC(=NCCN(CC)C(C)C)N1CCN(c2ncccn2)CC1. The highest BCUT2D eigenvalue weighted by molar-refractivity contribution is 5.80. The third-order valence-corrected chi connectivity index (χ3v) is 4.53. The lowest BCUT2D eigenvalue weighted by Crippen LogP contribution is -2.53. The van der Waals surface area contributed by atoms with Crippen molar-refractivity contribution in [3.8, 4) is 0 Å². The molecule has 1 aliphatic heterocycles. The van der Waals surface area contributed by atoms with E-state index in [1.807, 2.05) is 6.07 Å². The third kappa shape index (κ3) is 5.85. The van der Waals surface area contributed by atoms with Crippen LogP contribution in [0.1, 0.15) is 27.7 Å². The molecule has 1 fully saturated rings. The second kappa shape index (κ2) is 10.2. The van der Waals surface area contributed by atoms with Gasteiger partial charge in [0.25, 0.3) is 0 Å². The summed E-state index contributed by atoms with van der Waals surface area (Å²) >= 11 is 0. The summed E-state index contributed by atoms with van der Waals surface area (Å²) in [6.07, 6.45) is 3.60. The van der Waals surface area contributed by atoms with Gasteiger partial charge in [0.15, 0.2) is 5.96 Å². The minimum atomic E-state index is 0.567. The molecular weight excluding hydrogens is 314 g/mol. The van der Waals surface area contributed by atoms with Gasteiger partial charge >= 0.3 is 0 Å². The van der Waals surface area contributed by atoms with Crippen LogP contribution in [0.15, 0.2) is 23.5 Å². The summed E-state index contributed by atoms with van der Waals surface area (Å²) in [5, 5.41) is 3.44. The number of rotatable bonds is 7. The van der Waals surface area contributed by atoms with Crippen molar-refractivity contribution in [3.63, 3.8) is 0 Å². The van der Waals surface area contributed by atoms with Crippen LogP contribution in [-0.4, -0.2) is 84.1 Å². The van der Waals surface area contributed by atoms with Crippen molar-refractivity contribution in [1.82, 2.24) is 25.1 Å². The van der Waals surface area contributed by atoms with E-state index in [4.69, 9.17) is 4.99 Å². The van der Waals surface area contributed by atoms with Gasteiger partial charge in [-0.15, -0.1) is 0 Å². The summed E-state index contributed by atoms with van der Waals surface area (Å²) in [6, 6.07) is 2.42. The Morgan fingerprint density at radius 1 is 1.20 bits per heavy atom. The van der Waals surface area contributed by atoms with Gasteiger partial charge in [-0.1, -0.05) is 6.92 Å².